The quantitative estimate of drug-likeness (QED) is 0.649. The average Bonchev–Trinajstić information content (AvgIpc) is 2.96. The zero-order valence-corrected chi connectivity index (χ0v) is 18.1. The van der Waals surface area contributed by atoms with E-state index in [4.69, 9.17) is 5.73 Å². The highest BCUT2D eigenvalue weighted by molar-refractivity contribution is 7.89. The number of amides is 1. The van der Waals surface area contributed by atoms with Crippen molar-refractivity contribution in [3.05, 3.63) is 39.8 Å². The number of carbonyl (C=O) groups excluding carboxylic acids is 1. The molecule has 1 aromatic carbocycles. The van der Waals surface area contributed by atoms with Gasteiger partial charge >= 0.3 is 0 Å². The van der Waals surface area contributed by atoms with Gasteiger partial charge in [0.15, 0.2) is 0 Å². The summed E-state index contributed by atoms with van der Waals surface area (Å²) in [5, 5.41) is 5.19. The van der Waals surface area contributed by atoms with Crippen molar-refractivity contribution in [3.63, 3.8) is 0 Å². The van der Waals surface area contributed by atoms with Gasteiger partial charge in [-0.1, -0.05) is 6.07 Å². The van der Waals surface area contributed by atoms with Gasteiger partial charge in [-0.15, -0.1) is 23.7 Å². The van der Waals surface area contributed by atoms with Gasteiger partial charge in [-0.25, -0.2) is 18.1 Å². The predicted octanol–water partition coefficient (Wildman–Crippen LogP) is 2.70. The normalized spacial score (nSPS) is 11.7. The Morgan fingerprint density at radius 1 is 1.30 bits per heavy atom. The van der Waals surface area contributed by atoms with Crippen LogP contribution in [0.3, 0.4) is 0 Å². The molecule has 4 N–H and O–H groups in total. The number of rotatable bonds is 6. The van der Waals surface area contributed by atoms with Crippen LogP contribution >= 0.6 is 23.7 Å². The molecule has 0 aliphatic rings. The fraction of sp³-hybridized carbons (Fsp3) is 0.412. The summed E-state index contributed by atoms with van der Waals surface area (Å²) >= 11 is 1.37. The van der Waals surface area contributed by atoms with Crippen molar-refractivity contribution in [3.8, 4) is 0 Å². The van der Waals surface area contributed by atoms with Crippen LogP contribution in [0.25, 0.3) is 0 Å². The van der Waals surface area contributed by atoms with Gasteiger partial charge < -0.3 is 11.1 Å². The SMILES string of the molecule is Cc1c(NC(=O)c2csc(CCN)n2)cccc1S(=O)(=O)NC(C)(C)C.Cl. The van der Waals surface area contributed by atoms with E-state index in [9.17, 15) is 13.2 Å². The summed E-state index contributed by atoms with van der Waals surface area (Å²) in [6, 6.07) is 4.78. The molecule has 150 valence electrons. The molecule has 0 radical (unpaired) electrons. The van der Waals surface area contributed by atoms with Crippen LogP contribution in [0, 0.1) is 6.92 Å². The van der Waals surface area contributed by atoms with Crippen LogP contribution in [0.2, 0.25) is 0 Å². The molecule has 0 bridgehead atoms. The summed E-state index contributed by atoms with van der Waals surface area (Å²) in [6.07, 6.45) is 0.614. The van der Waals surface area contributed by atoms with Crippen molar-refractivity contribution >= 4 is 45.4 Å². The standard InChI is InChI=1S/C17H24N4O3S2.ClH/c1-11-12(20-16(22)13-10-25-15(19-13)8-9-18)6-5-7-14(11)26(23,24)21-17(2,3)4;/h5-7,10,21H,8-9,18H2,1-4H3,(H,20,22);1H. The van der Waals surface area contributed by atoms with E-state index in [0.717, 1.165) is 5.01 Å². The number of nitrogens with one attached hydrogen (secondary N) is 2. The van der Waals surface area contributed by atoms with Gasteiger partial charge in [-0.3, -0.25) is 4.79 Å². The molecule has 0 unspecified atom stereocenters. The highest BCUT2D eigenvalue weighted by Gasteiger charge is 2.25. The Morgan fingerprint density at radius 2 is 1.96 bits per heavy atom. The van der Waals surface area contributed by atoms with Crippen molar-refractivity contribution in [1.82, 2.24) is 9.71 Å². The van der Waals surface area contributed by atoms with Crippen LogP contribution in [0.15, 0.2) is 28.5 Å². The maximum atomic E-state index is 12.6. The van der Waals surface area contributed by atoms with E-state index in [0.29, 0.717) is 29.9 Å². The Kier molecular flexibility index (Phi) is 7.94. The van der Waals surface area contributed by atoms with Crippen LogP contribution < -0.4 is 15.8 Å². The summed E-state index contributed by atoms with van der Waals surface area (Å²) in [5.41, 5.74) is 6.08. The number of sulfonamides is 1. The Labute approximate surface area is 170 Å². The van der Waals surface area contributed by atoms with E-state index in [-0.39, 0.29) is 23.2 Å². The molecule has 0 saturated carbocycles. The van der Waals surface area contributed by atoms with Crippen molar-refractivity contribution in [2.45, 2.75) is 44.6 Å². The van der Waals surface area contributed by atoms with E-state index in [1.807, 2.05) is 0 Å². The Morgan fingerprint density at radius 3 is 2.56 bits per heavy atom. The molecular weight excluding hydrogens is 408 g/mol. The number of nitrogens with two attached hydrogens (primary N) is 1. The Bertz CT molecular complexity index is 905. The third-order valence-corrected chi connectivity index (χ3v) is 6.22. The van der Waals surface area contributed by atoms with Crippen molar-refractivity contribution < 1.29 is 13.2 Å². The number of thiazole rings is 1. The maximum absolute atomic E-state index is 12.6. The molecule has 27 heavy (non-hydrogen) atoms. The van der Waals surface area contributed by atoms with Gasteiger partial charge in [-0.2, -0.15) is 0 Å². The fourth-order valence-corrected chi connectivity index (χ4v) is 4.82. The summed E-state index contributed by atoms with van der Waals surface area (Å²) < 4.78 is 27.8. The zero-order chi connectivity index (χ0) is 19.5. The van der Waals surface area contributed by atoms with Crippen molar-refractivity contribution in [1.29, 1.82) is 0 Å². The molecule has 1 aromatic heterocycles. The largest absolute Gasteiger partial charge is 0.330 e. The zero-order valence-electron chi connectivity index (χ0n) is 15.7. The van der Waals surface area contributed by atoms with E-state index >= 15 is 0 Å². The monoisotopic (exact) mass is 432 g/mol. The van der Waals surface area contributed by atoms with Crippen LogP contribution in [-0.4, -0.2) is 31.4 Å². The van der Waals surface area contributed by atoms with Gasteiger partial charge in [0.25, 0.3) is 5.91 Å². The number of anilines is 1. The minimum absolute atomic E-state index is 0. The first-order valence-electron chi connectivity index (χ1n) is 8.13. The highest BCUT2D eigenvalue weighted by Crippen LogP contribution is 2.24. The van der Waals surface area contributed by atoms with Crippen molar-refractivity contribution in [2.75, 3.05) is 11.9 Å². The summed E-state index contributed by atoms with van der Waals surface area (Å²) in [5.74, 6) is -0.383. The number of benzene rings is 1. The molecule has 7 nitrogen and oxygen atoms in total. The fourth-order valence-electron chi connectivity index (χ4n) is 2.34. The van der Waals surface area contributed by atoms with Crippen LogP contribution in [0.1, 0.15) is 41.8 Å². The number of hydrogen-bond acceptors (Lipinski definition) is 6. The topological polar surface area (TPSA) is 114 Å². The van der Waals surface area contributed by atoms with E-state index in [1.165, 1.54) is 17.4 Å². The van der Waals surface area contributed by atoms with E-state index < -0.39 is 15.6 Å². The van der Waals surface area contributed by atoms with Crippen LogP contribution in [0.5, 0.6) is 0 Å². The number of aromatic nitrogens is 1. The second-order valence-electron chi connectivity index (χ2n) is 6.90. The van der Waals surface area contributed by atoms with Crippen molar-refractivity contribution in [2.24, 2.45) is 5.73 Å². The molecule has 1 heterocycles. The molecule has 0 fully saturated rings. The number of nitrogens with zero attached hydrogens (tertiary/aromatic N) is 1. The van der Waals surface area contributed by atoms with Crippen LogP contribution in [-0.2, 0) is 16.4 Å². The lowest BCUT2D eigenvalue weighted by atomic mass is 10.1. The Balaban J connectivity index is 0.00000364. The van der Waals surface area contributed by atoms with Gasteiger partial charge in [-0.05, 0) is 51.9 Å². The average molecular weight is 433 g/mol. The summed E-state index contributed by atoms with van der Waals surface area (Å²) in [7, 11) is -3.70. The van der Waals surface area contributed by atoms with Crippen LogP contribution in [0.4, 0.5) is 5.69 Å². The molecule has 0 aliphatic carbocycles. The maximum Gasteiger partial charge on any atom is 0.275 e. The Hall–Kier alpha value is -1.52. The molecule has 10 heteroatoms. The molecule has 0 aliphatic heterocycles. The third-order valence-electron chi connectivity index (χ3n) is 3.40. The first-order valence-corrected chi connectivity index (χ1v) is 10.5. The molecule has 0 saturated heterocycles. The van der Waals surface area contributed by atoms with Gasteiger partial charge in [0, 0.05) is 23.0 Å². The lowest BCUT2D eigenvalue weighted by Gasteiger charge is -2.21. The van der Waals surface area contributed by atoms with Gasteiger partial charge in [0.2, 0.25) is 10.0 Å². The molecular formula is C17H25ClN4O3S2. The number of halogens is 1. The second-order valence-corrected chi connectivity index (χ2v) is 9.50. The smallest absolute Gasteiger partial charge is 0.275 e. The van der Waals surface area contributed by atoms with E-state index in [2.05, 4.69) is 15.0 Å². The highest BCUT2D eigenvalue weighted by atomic mass is 35.5. The first kappa shape index (κ1) is 23.5. The summed E-state index contributed by atoms with van der Waals surface area (Å²) in [4.78, 5) is 16.8. The molecule has 0 spiro atoms. The lowest BCUT2D eigenvalue weighted by molar-refractivity contribution is 0.102. The number of carbonyl (C=O) groups is 1. The van der Waals surface area contributed by atoms with Gasteiger partial charge in [0.05, 0.1) is 9.90 Å². The lowest BCUT2D eigenvalue weighted by Crippen LogP contribution is -2.40. The number of hydrogen-bond donors (Lipinski definition) is 3. The predicted molar refractivity (Wildman–Crippen MR) is 111 cm³/mol. The summed E-state index contributed by atoms with van der Waals surface area (Å²) in [6.45, 7) is 7.44. The van der Waals surface area contributed by atoms with Gasteiger partial charge in [0.1, 0.15) is 5.69 Å². The molecule has 1 amide bonds. The minimum atomic E-state index is -3.70. The third kappa shape index (κ3) is 6.25. The van der Waals surface area contributed by atoms with E-state index in [1.54, 1.807) is 45.2 Å². The second kappa shape index (κ2) is 9.11. The molecule has 2 rings (SSSR count). The molecule has 2 aromatic rings. The minimum Gasteiger partial charge on any atom is -0.330 e. The molecule has 0 atom stereocenters. The first-order chi connectivity index (χ1) is 12.0.